The van der Waals surface area contributed by atoms with Crippen molar-refractivity contribution in [3.8, 4) is 34.5 Å². The van der Waals surface area contributed by atoms with Gasteiger partial charge in [-0.15, -0.1) is 0 Å². The van der Waals surface area contributed by atoms with E-state index in [4.69, 9.17) is 23.7 Å². The van der Waals surface area contributed by atoms with Crippen LogP contribution in [0.5, 0.6) is 34.5 Å². The molecule has 27 heavy (non-hydrogen) atoms. The van der Waals surface area contributed by atoms with Gasteiger partial charge in [0.2, 0.25) is 11.5 Å². The van der Waals surface area contributed by atoms with Crippen LogP contribution in [0, 0.1) is 0 Å². The summed E-state index contributed by atoms with van der Waals surface area (Å²) in [7, 11) is 5.65. The molecular formula is C19H20O8. The maximum Gasteiger partial charge on any atom is 0.204 e. The van der Waals surface area contributed by atoms with Crippen LogP contribution in [0.25, 0.3) is 0 Å². The average molecular weight is 376 g/mol. The summed E-state index contributed by atoms with van der Waals surface area (Å²) in [5.41, 5.74) is 0.537. The maximum absolute atomic E-state index is 12.9. The average Bonchev–Trinajstić information content (AvgIpc) is 2.69. The first-order valence-electron chi connectivity index (χ1n) is 8.05. The summed E-state index contributed by atoms with van der Waals surface area (Å²) in [6, 6.07) is 5.95. The minimum absolute atomic E-state index is 0.0636. The zero-order valence-corrected chi connectivity index (χ0v) is 15.3. The second-order valence-corrected chi connectivity index (χ2v) is 5.80. The molecule has 0 aliphatic carbocycles. The minimum atomic E-state index is -1.49. The number of rotatable bonds is 5. The van der Waals surface area contributed by atoms with Gasteiger partial charge in [-0.1, -0.05) is 6.07 Å². The fourth-order valence-electron chi connectivity index (χ4n) is 3.07. The third kappa shape index (κ3) is 2.97. The lowest BCUT2D eigenvalue weighted by molar-refractivity contribution is 0.0208. The number of carbonyl (C=O) groups excluding carboxylic acids is 1. The number of ketones is 1. The second kappa shape index (κ2) is 7.24. The maximum atomic E-state index is 12.9. The fraction of sp³-hybridized carbons (Fsp3) is 0.316. The third-order valence-corrected chi connectivity index (χ3v) is 4.38. The van der Waals surface area contributed by atoms with Gasteiger partial charge in [-0.05, 0) is 17.7 Å². The Hall–Kier alpha value is -3.13. The zero-order chi connectivity index (χ0) is 19.7. The molecule has 0 saturated heterocycles. The van der Waals surface area contributed by atoms with Gasteiger partial charge in [0.1, 0.15) is 11.3 Å². The number of Topliss-reactive ketones (excluding diaryl/α,β-unsaturated/α-hetero) is 1. The van der Waals surface area contributed by atoms with Crippen LogP contribution in [0.15, 0.2) is 24.3 Å². The van der Waals surface area contributed by atoms with E-state index < -0.39 is 18.0 Å². The molecule has 8 heteroatoms. The number of ether oxygens (including phenoxy) is 5. The SMILES string of the molecule is COc1cc([C@H]2Oc3cc(OC)c(OC)c(OC)c3C(=O)[C@@H]2O)ccc1O. The number of aromatic hydroxyl groups is 1. The lowest BCUT2D eigenvalue weighted by Gasteiger charge is -2.31. The Balaban J connectivity index is 2.13. The van der Waals surface area contributed by atoms with Gasteiger partial charge < -0.3 is 33.9 Å². The Morgan fingerprint density at radius 2 is 1.59 bits per heavy atom. The highest BCUT2D eigenvalue weighted by Crippen LogP contribution is 2.49. The quantitative estimate of drug-likeness (QED) is 0.818. The van der Waals surface area contributed by atoms with Gasteiger partial charge >= 0.3 is 0 Å². The molecule has 8 nitrogen and oxygen atoms in total. The van der Waals surface area contributed by atoms with Crippen molar-refractivity contribution in [1.29, 1.82) is 0 Å². The molecule has 0 spiro atoms. The summed E-state index contributed by atoms with van der Waals surface area (Å²) < 4.78 is 26.9. The number of phenolic OH excluding ortho intramolecular Hbond substituents is 1. The molecule has 2 aromatic carbocycles. The van der Waals surface area contributed by atoms with E-state index in [0.717, 1.165) is 0 Å². The van der Waals surface area contributed by atoms with Crippen molar-refractivity contribution in [2.45, 2.75) is 12.2 Å². The number of phenols is 1. The van der Waals surface area contributed by atoms with E-state index in [2.05, 4.69) is 0 Å². The van der Waals surface area contributed by atoms with E-state index in [1.807, 2.05) is 0 Å². The van der Waals surface area contributed by atoms with Crippen LogP contribution in [-0.4, -0.2) is 50.5 Å². The highest BCUT2D eigenvalue weighted by Gasteiger charge is 2.41. The van der Waals surface area contributed by atoms with E-state index in [-0.39, 0.29) is 34.3 Å². The molecular weight excluding hydrogens is 356 g/mol. The first-order valence-corrected chi connectivity index (χ1v) is 8.05. The molecule has 0 amide bonds. The van der Waals surface area contributed by atoms with Crippen molar-refractivity contribution >= 4 is 5.78 Å². The first kappa shape index (κ1) is 18.7. The van der Waals surface area contributed by atoms with Gasteiger partial charge in [-0.25, -0.2) is 0 Å². The number of fused-ring (bicyclic) bond motifs is 1. The van der Waals surface area contributed by atoms with Crippen LogP contribution in [0.4, 0.5) is 0 Å². The zero-order valence-electron chi connectivity index (χ0n) is 15.3. The Bertz CT molecular complexity index is 876. The van der Waals surface area contributed by atoms with Crippen molar-refractivity contribution in [2.75, 3.05) is 28.4 Å². The molecule has 1 heterocycles. The molecule has 144 valence electrons. The highest BCUT2D eigenvalue weighted by molar-refractivity contribution is 6.06. The molecule has 2 N–H and O–H groups in total. The van der Waals surface area contributed by atoms with E-state index in [9.17, 15) is 15.0 Å². The Kier molecular flexibility index (Phi) is 5.00. The molecule has 0 fully saturated rings. The summed E-state index contributed by atoms with van der Waals surface area (Å²) in [6.07, 6.45) is -2.49. The van der Waals surface area contributed by atoms with Gasteiger partial charge in [0.15, 0.2) is 35.2 Å². The topological polar surface area (TPSA) is 104 Å². The molecule has 0 unspecified atom stereocenters. The summed E-state index contributed by atoms with van der Waals surface area (Å²) in [5.74, 6) is 0.422. The molecule has 3 rings (SSSR count). The minimum Gasteiger partial charge on any atom is -0.504 e. The standard InChI is InChI=1S/C19H20O8/c1-23-11-7-9(5-6-10(11)20)17-16(22)15(21)14-12(27-17)8-13(24-2)18(25-3)19(14)26-4/h5-8,16-17,20,22H,1-4H3/t16-,17+/m0/s1. The van der Waals surface area contributed by atoms with Gasteiger partial charge in [-0.3, -0.25) is 4.79 Å². The van der Waals surface area contributed by atoms with Crippen molar-refractivity contribution < 1.29 is 38.7 Å². The molecule has 1 aliphatic rings. The van der Waals surface area contributed by atoms with Crippen LogP contribution in [0.2, 0.25) is 0 Å². The Labute approximate surface area is 155 Å². The normalized spacial score (nSPS) is 18.3. The number of aliphatic hydroxyl groups excluding tert-OH is 1. The van der Waals surface area contributed by atoms with Crippen molar-refractivity contribution in [3.05, 3.63) is 35.4 Å². The van der Waals surface area contributed by atoms with E-state index in [0.29, 0.717) is 11.3 Å². The third-order valence-electron chi connectivity index (χ3n) is 4.38. The van der Waals surface area contributed by atoms with Crippen LogP contribution < -0.4 is 23.7 Å². The van der Waals surface area contributed by atoms with Crippen molar-refractivity contribution in [3.63, 3.8) is 0 Å². The Morgan fingerprint density at radius 1 is 0.926 bits per heavy atom. The molecule has 0 saturated carbocycles. The molecule has 0 radical (unpaired) electrons. The summed E-state index contributed by atoms with van der Waals surface area (Å²) in [6.45, 7) is 0. The molecule has 0 aromatic heterocycles. The van der Waals surface area contributed by atoms with E-state index in [1.54, 1.807) is 6.07 Å². The van der Waals surface area contributed by atoms with Crippen LogP contribution >= 0.6 is 0 Å². The highest BCUT2D eigenvalue weighted by atomic mass is 16.5. The van der Waals surface area contributed by atoms with Crippen molar-refractivity contribution in [1.82, 2.24) is 0 Å². The van der Waals surface area contributed by atoms with E-state index >= 15 is 0 Å². The molecule has 1 aliphatic heterocycles. The van der Waals surface area contributed by atoms with Crippen LogP contribution in [0.1, 0.15) is 22.0 Å². The number of hydrogen-bond donors (Lipinski definition) is 2. The second-order valence-electron chi connectivity index (χ2n) is 5.80. The van der Waals surface area contributed by atoms with Crippen LogP contribution in [-0.2, 0) is 0 Å². The van der Waals surface area contributed by atoms with Gasteiger partial charge in [0, 0.05) is 6.07 Å². The van der Waals surface area contributed by atoms with Gasteiger partial charge in [0.05, 0.1) is 28.4 Å². The molecule has 0 bridgehead atoms. The number of benzene rings is 2. The summed E-state index contributed by atoms with van der Waals surface area (Å²) >= 11 is 0. The smallest absolute Gasteiger partial charge is 0.204 e. The summed E-state index contributed by atoms with van der Waals surface area (Å²) in [4.78, 5) is 12.9. The molecule has 2 aromatic rings. The van der Waals surface area contributed by atoms with Gasteiger partial charge in [0.25, 0.3) is 0 Å². The summed E-state index contributed by atoms with van der Waals surface area (Å²) in [5, 5.41) is 20.3. The first-order chi connectivity index (χ1) is 13.0. The largest absolute Gasteiger partial charge is 0.504 e. The number of hydrogen-bond acceptors (Lipinski definition) is 8. The molecule has 2 atom stereocenters. The number of carbonyl (C=O) groups is 1. The fourth-order valence-corrected chi connectivity index (χ4v) is 3.07. The van der Waals surface area contributed by atoms with E-state index in [1.165, 1.54) is 46.6 Å². The van der Waals surface area contributed by atoms with Crippen LogP contribution in [0.3, 0.4) is 0 Å². The Morgan fingerprint density at radius 3 is 2.19 bits per heavy atom. The predicted molar refractivity (Wildman–Crippen MR) is 94.5 cm³/mol. The van der Waals surface area contributed by atoms with Gasteiger partial charge in [-0.2, -0.15) is 0 Å². The monoisotopic (exact) mass is 376 g/mol. The predicted octanol–water partition coefficient (Wildman–Crippen LogP) is 2.10. The lowest BCUT2D eigenvalue weighted by Crippen LogP contribution is -2.36. The number of aliphatic hydroxyl groups is 1. The van der Waals surface area contributed by atoms with Crippen molar-refractivity contribution in [2.24, 2.45) is 0 Å². The lowest BCUT2D eigenvalue weighted by atomic mass is 9.92. The number of methoxy groups -OCH3 is 4.